The largest absolute Gasteiger partial charge is 0.508 e. The minimum absolute atomic E-state index is 0.00301. The molecule has 4 heterocycles. The molecule has 3 aromatic heterocycles. The second-order valence-electron chi connectivity index (χ2n) is 6.53. The van der Waals surface area contributed by atoms with Crippen LogP contribution >= 0.6 is 0 Å². The van der Waals surface area contributed by atoms with E-state index in [0.29, 0.717) is 0 Å². The molecule has 4 rings (SSSR count). The third-order valence-corrected chi connectivity index (χ3v) is 4.54. The lowest BCUT2D eigenvalue weighted by molar-refractivity contribution is -0.0914. The van der Waals surface area contributed by atoms with Gasteiger partial charge in [0.1, 0.15) is 5.69 Å². The Kier molecular flexibility index (Phi) is 4.72. The van der Waals surface area contributed by atoms with Gasteiger partial charge in [-0.15, -0.1) is 0 Å². The Labute approximate surface area is 166 Å². The third kappa shape index (κ3) is 3.49. The van der Waals surface area contributed by atoms with Crippen molar-refractivity contribution < 1.29 is 23.0 Å². The molecule has 2 N–H and O–H groups in total. The zero-order chi connectivity index (χ0) is 21.5. The summed E-state index contributed by atoms with van der Waals surface area (Å²) in [5, 5.41) is 4.25. The van der Waals surface area contributed by atoms with Gasteiger partial charge < -0.3 is 19.4 Å². The van der Waals surface area contributed by atoms with E-state index in [1.54, 1.807) is 0 Å². The number of hydrogen-bond donors (Lipinski definition) is 2. The number of imidazole rings is 1. The van der Waals surface area contributed by atoms with Crippen LogP contribution in [0.3, 0.4) is 0 Å². The lowest BCUT2D eigenvalue weighted by atomic mass is 10.2. The molecule has 0 saturated carbocycles. The van der Waals surface area contributed by atoms with E-state index in [2.05, 4.69) is 24.8 Å². The SMILES string of the molecule is CCOC(=O)OC1CN(c2cc(-c3c[nH]c(=O)[nH]c3=O)nn3ccnc23)CC1(F)F. The number of hydrogen-bond acceptors (Lipinski definition) is 8. The first kappa shape index (κ1) is 19.5. The molecular formula is C17H16F2N6O5. The standard InChI is InChI=1S/C17H16F2N6O5/c1-2-29-16(28)30-12-7-24(8-17(12,18)19)11-5-10(23-25-4-3-20-13(11)25)9-6-21-15(27)22-14(9)26/h3-6,12H,2,7-8H2,1H3,(H2,21,22,26,27). The van der Waals surface area contributed by atoms with E-state index in [-0.39, 0.29) is 35.7 Å². The van der Waals surface area contributed by atoms with Crippen LogP contribution in [0.15, 0.2) is 34.2 Å². The van der Waals surface area contributed by atoms with Gasteiger partial charge in [0.2, 0.25) is 0 Å². The molecule has 158 valence electrons. The van der Waals surface area contributed by atoms with Gasteiger partial charge >= 0.3 is 17.8 Å². The fraction of sp³-hybridized carbons (Fsp3) is 0.353. The van der Waals surface area contributed by atoms with Crippen LogP contribution in [0.5, 0.6) is 0 Å². The molecule has 1 atom stereocenters. The van der Waals surface area contributed by atoms with Crippen molar-refractivity contribution in [3.8, 4) is 11.3 Å². The molecule has 3 aromatic rings. The quantitative estimate of drug-likeness (QED) is 0.589. The number of carbonyl (C=O) groups is 1. The number of halogens is 2. The van der Waals surface area contributed by atoms with Crippen molar-refractivity contribution in [3.05, 3.63) is 45.5 Å². The molecule has 13 heteroatoms. The lowest BCUT2D eigenvalue weighted by Crippen LogP contribution is -2.36. The van der Waals surface area contributed by atoms with Crippen molar-refractivity contribution in [2.24, 2.45) is 0 Å². The zero-order valence-electron chi connectivity index (χ0n) is 15.6. The molecule has 1 aliphatic heterocycles. The molecule has 1 fully saturated rings. The molecule has 1 unspecified atom stereocenters. The molecule has 0 aliphatic carbocycles. The summed E-state index contributed by atoms with van der Waals surface area (Å²) in [4.78, 5) is 44.8. The highest BCUT2D eigenvalue weighted by Crippen LogP contribution is 2.35. The minimum Gasteiger partial charge on any atom is -0.435 e. The van der Waals surface area contributed by atoms with Crippen LogP contribution in [0.2, 0.25) is 0 Å². The van der Waals surface area contributed by atoms with Crippen LogP contribution in [0.25, 0.3) is 16.9 Å². The molecule has 1 aliphatic rings. The maximum atomic E-state index is 14.5. The van der Waals surface area contributed by atoms with Gasteiger partial charge in [0.05, 0.1) is 30.9 Å². The number of nitrogens with zero attached hydrogens (tertiary/aromatic N) is 4. The van der Waals surface area contributed by atoms with Crippen LogP contribution in [-0.4, -0.2) is 62.4 Å². The van der Waals surface area contributed by atoms with Gasteiger partial charge in [-0.3, -0.25) is 9.78 Å². The van der Waals surface area contributed by atoms with Gasteiger partial charge in [-0.05, 0) is 13.0 Å². The number of aromatic nitrogens is 5. The van der Waals surface area contributed by atoms with E-state index in [1.807, 2.05) is 0 Å². The van der Waals surface area contributed by atoms with Crippen molar-refractivity contribution in [2.45, 2.75) is 19.0 Å². The van der Waals surface area contributed by atoms with E-state index in [4.69, 9.17) is 4.74 Å². The lowest BCUT2D eigenvalue weighted by Gasteiger charge is -2.19. The van der Waals surface area contributed by atoms with Gasteiger partial charge in [-0.25, -0.2) is 27.9 Å². The van der Waals surface area contributed by atoms with Crippen molar-refractivity contribution in [3.63, 3.8) is 0 Å². The van der Waals surface area contributed by atoms with Gasteiger partial charge in [0.15, 0.2) is 11.8 Å². The molecule has 0 spiro atoms. The van der Waals surface area contributed by atoms with Crippen molar-refractivity contribution in [1.82, 2.24) is 24.6 Å². The average molecular weight is 422 g/mol. The Morgan fingerprint density at radius 3 is 2.93 bits per heavy atom. The summed E-state index contributed by atoms with van der Waals surface area (Å²) >= 11 is 0. The Morgan fingerprint density at radius 1 is 1.40 bits per heavy atom. The molecule has 0 bridgehead atoms. The van der Waals surface area contributed by atoms with Crippen LogP contribution < -0.4 is 16.1 Å². The van der Waals surface area contributed by atoms with Crippen molar-refractivity contribution in [1.29, 1.82) is 0 Å². The Balaban J connectivity index is 1.74. The first-order valence-electron chi connectivity index (χ1n) is 8.91. The number of anilines is 1. The second kappa shape index (κ2) is 7.24. The zero-order valence-corrected chi connectivity index (χ0v) is 15.6. The Bertz CT molecular complexity index is 1220. The van der Waals surface area contributed by atoms with Crippen LogP contribution in [0, 0.1) is 0 Å². The number of fused-ring (bicyclic) bond motifs is 1. The summed E-state index contributed by atoms with van der Waals surface area (Å²) in [6, 6.07) is 1.41. The van der Waals surface area contributed by atoms with E-state index < -0.39 is 36.0 Å². The molecule has 30 heavy (non-hydrogen) atoms. The first-order chi connectivity index (χ1) is 14.3. The fourth-order valence-electron chi connectivity index (χ4n) is 3.19. The van der Waals surface area contributed by atoms with Gasteiger partial charge in [0, 0.05) is 18.6 Å². The number of carbonyl (C=O) groups excluding carboxylic acids is 1. The highest BCUT2D eigenvalue weighted by Gasteiger charge is 2.51. The predicted octanol–water partition coefficient (Wildman–Crippen LogP) is 0.770. The second-order valence-corrected chi connectivity index (χ2v) is 6.53. The number of aromatic amines is 2. The highest BCUT2D eigenvalue weighted by molar-refractivity contribution is 5.75. The van der Waals surface area contributed by atoms with Crippen LogP contribution in [0.1, 0.15) is 6.92 Å². The molecule has 0 amide bonds. The molecule has 1 saturated heterocycles. The molecular weight excluding hydrogens is 406 g/mol. The summed E-state index contributed by atoms with van der Waals surface area (Å²) in [5.74, 6) is -3.34. The van der Waals surface area contributed by atoms with Gasteiger partial charge in [-0.1, -0.05) is 0 Å². The summed E-state index contributed by atoms with van der Waals surface area (Å²) in [6.45, 7) is 0.466. The smallest absolute Gasteiger partial charge is 0.435 e. The Hall–Kier alpha value is -3.77. The number of ether oxygens (including phenoxy) is 2. The molecule has 11 nitrogen and oxygen atoms in total. The van der Waals surface area contributed by atoms with Gasteiger partial charge in [0.25, 0.3) is 5.56 Å². The number of H-pyrrole nitrogens is 2. The normalized spacial score (nSPS) is 18.0. The number of nitrogens with one attached hydrogen (secondary N) is 2. The van der Waals surface area contributed by atoms with E-state index in [0.717, 1.165) is 0 Å². The van der Waals surface area contributed by atoms with E-state index >= 15 is 0 Å². The fourth-order valence-corrected chi connectivity index (χ4v) is 3.19. The maximum Gasteiger partial charge on any atom is 0.508 e. The van der Waals surface area contributed by atoms with E-state index in [9.17, 15) is 23.2 Å². The summed E-state index contributed by atoms with van der Waals surface area (Å²) in [5.41, 5.74) is -0.682. The third-order valence-electron chi connectivity index (χ3n) is 4.54. The monoisotopic (exact) mass is 422 g/mol. The topological polar surface area (TPSA) is 135 Å². The van der Waals surface area contributed by atoms with E-state index in [1.165, 1.54) is 41.0 Å². The van der Waals surface area contributed by atoms with Crippen molar-refractivity contribution >= 4 is 17.5 Å². The molecule has 0 aromatic carbocycles. The van der Waals surface area contributed by atoms with Crippen LogP contribution in [-0.2, 0) is 9.47 Å². The number of rotatable bonds is 4. The maximum absolute atomic E-state index is 14.5. The summed E-state index contributed by atoms with van der Waals surface area (Å²) < 4.78 is 39.7. The van der Waals surface area contributed by atoms with Crippen molar-refractivity contribution in [2.75, 3.05) is 24.6 Å². The minimum atomic E-state index is -3.34. The van der Waals surface area contributed by atoms with Gasteiger partial charge in [-0.2, -0.15) is 5.10 Å². The highest BCUT2D eigenvalue weighted by atomic mass is 19.3. The number of alkyl halides is 2. The average Bonchev–Trinajstić information content (AvgIpc) is 3.25. The summed E-state index contributed by atoms with van der Waals surface area (Å²) in [6.07, 6.45) is 1.20. The summed E-state index contributed by atoms with van der Waals surface area (Å²) in [7, 11) is 0. The first-order valence-corrected chi connectivity index (χ1v) is 8.91. The molecule has 0 radical (unpaired) electrons. The van der Waals surface area contributed by atoms with Crippen LogP contribution in [0.4, 0.5) is 19.3 Å². The predicted molar refractivity (Wildman–Crippen MR) is 98.7 cm³/mol. The Morgan fingerprint density at radius 2 is 2.20 bits per heavy atom.